The van der Waals surface area contributed by atoms with Crippen LogP contribution in [-0.2, 0) is 0 Å². The molecule has 0 radical (unpaired) electrons. The second kappa shape index (κ2) is 9.59. The first kappa shape index (κ1) is 23.4. The van der Waals surface area contributed by atoms with Gasteiger partial charge >= 0.3 is 6.36 Å². The van der Waals surface area contributed by atoms with Gasteiger partial charge in [-0.3, -0.25) is 4.79 Å². The predicted molar refractivity (Wildman–Crippen MR) is 114 cm³/mol. The second-order valence-electron chi connectivity index (χ2n) is 7.65. The number of rotatable bonds is 6. The zero-order chi connectivity index (χ0) is 24.3. The summed E-state index contributed by atoms with van der Waals surface area (Å²) in [5, 5.41) is 11.9. The van der Waals surface area contributed by atoms with E-state index in [1.165, 1.54) is 12.5 Å². The van der Waals surface area contributed by atoms with Crippen LogP contribution in [0.25, 0.3) is 11.1 Å². The Labute approximate surface area is 191 Å². The summed E-state index contributed by atoms with van der Waals surface area (Å²) in [6.45, 7) is 1.33. The summed E-state index contributed by atoms with van der Waals surface area (Å²) in [6.07, 6.45) is 1.62. The monoisotopic (exact) mass is 477 g/mol. The summed E-state index contributed by atoms with van der Waals surface area (Å²) in [5.74, 6) is -2.21. The molecule has 0 unspecified atom stereocenters. The molecule has 1 aliphatic heterocycles. The van der Waals surface area contributed by atoms with Gasteiger partial charge in [0.15, 0.2) is 11.6 Å². The van der Waals surface area contributed by atoms with Crippen LogP contribution in [-0.4, -0.2) is 52.0 Å². The number of aromatic nitrogens is 3. The fourth-order valence-electron chi connectivity index (χ4n) is 3.65. The molecule has 178 valence electrons. The van der Waals surface area contributed by atoms with Crippen molar-refractivity contribution >= 4 is 17.4 Å². The number of hydrogen-bond donors (Lipinski definition) is 2. The Morgan fingerprint density at radius 3 is 2.62 bits per heavy atom. The molecule has 0 bridgehead atoms. The van der Waals surface area contributed by atoms with Gasteiger partial charge in [0.25, 0.3) is 5.91 Å². The second-order valence-corrected chi connectivity index (χ2v) is 7.65. The Morgan fingerprint density at radius 2 is 1.97 bits per heavy atom. The molecule has 4 rings (SSSR count). The minimum atomic E-state index is -5.04. The summed E-state index contributed by atoms with van der Waals surface area (Å²) < 4.78 is 54.6. The number of halogens is 4. The number of carbonyl (C=O) groups is 1. The van der Waals surface area contributed by atoms with E-state index in [1.54, 1.807) is 18.5 Å². The lowest BCUT2D eigenvalue weighted by atomic mass is 10.1. The molecule has 2 N–H and O–H groups in total. The highest BCUT2D eigenvalue weighted by Crippen LogP contribution is 2.33. The first-order valence-corrected chi connectivity index (χ1v) is 10.2. The molecule has 1 aromatic carbocycles. The molecule has 2 aromatic heterocycles. The van der Waals surface area contributed by atoms with Crippen molar-refractivity contribution in [2.75, 3.05) is 29.9 Å². The minimum absolute atomic E-state index is 0.0592. The van der Waals surface area contributed by atoms with E-state index < -0.39 is 23.8 Å². The van der Waals surface area contributed by atoms with Crippen LogP contribution < -0.4 is 15.0 Å². The van der Waals surface area contributed by atoms with E-state index in [1.807, 2.05) is 4.90 Å². The van der Waals surface area contributed by atoms with Gasteiger partial charge < -0.3 is 20.1 Å². The first-order valence-electron chi connectivity index (χ1n) is 10.2. The van der Waals surface area contributed by atoms with Gasteiger partial charge in [-0.15, -0.1) is 13.2 Å². The van der Waals surface area contributed by atoms with Crippen LogP contribution in [0, 0.1) is 11.7 Å². The maximum absolute atomic E-state index is 14.0. The molecule has 1 atom stereocenters. The number of nitrogens with one attached hydrogen (secondary N) is 1. The number of benzene rings is 1. The van der Waals surface area contributed by atoms with Gasteiger partial charge in [0.05, 0.1) is 5.56 Å². The van der Waals surface area contributed by atoms with Gasteiger partial charge in [0.2, 0.25) is 0 Å². The van der Waals surface area contributed by atoms with Crippen molar-refractivity contribution < 1.29 is 32.2 Å². The number of alkyl halides is 3. The van der Waals surface area contributed by atoms with E-state index in [9.17, 15) is 27.5 Å². The third-order valence-electron chi connectivity index (χ3n) is 5.26. The minimum Gasteiger partial charge on any atom is -0.403 e. The van der Waals surface area contributed by atoms with Crippen molar-refractivity contribution in [3.05, 3.63) is 60.6 Å². The lowest BCUT2D eigenvalue weighted by Crippen LogP contribution is -2.23. The first-order chi connectivity index (χ1) is 16.2. The van der Waals surface area contributed by atoms with Gasteiger partial charge in [-0.05, 0) is 24.6 Å². The summed E-state index contributed by atoms with van der Waals surface area (Å²) in [6, 6.07) is 4.18. The fraction of sp³-hybridized carbons (Fsp3) is 0.273. The molecule has 1 aliphatic rings. The summed E-state index contributed by atoms with van der Waals surface area (Å²) in [4.78, 5) is 27.3. The molecule has 1 fully saturated rings. The number of aliphatic hydroxyl groups is 1. The molecule has 8 nitrogen and oxygen atoms in total. The number of carbonyl (C=O) groups excluding carboxylic acids is 1. The van der Waals surface area contributed by atoms with Gasteiger partial charge in [-0.25, -0.2) is 19.3 Å². The average molecular weight is 477 g/mol. The van der Waals surface area contributed by atoms with Crippen molar-refractivity contribution in [1.82, 2.24) is 15.0 Å². The Balaban J connectivity index is 1.59. The molecule has 3 heterocycles. The molecule has 1 saturated heterocycles. The van der Waals surface area contributed by atoms with Crippen LogP contribution in [0.5, 0.6) is 5.75 Å². The fourth-order valence-corrected chi connectivity index (χ4v) is 3.65. The summed E-state index contributed by atoms with van der Waals surface area (Å²) in [5.41, 5.74) is 1.28. The topological polar surface area (TPSA) is 100 Å². The van der Waals surface area contributed by atoms with E-state index in [-0.39, 0.29) is 23.8 Å². The van der Waals surface area contributed by atoms with E-state index >= 15 is 0 Å². The Bertz CT molecular complexity index is 1180. The average Bonchev–Trinajstić information content (AvgIpc) is 3.29. The standard InChI is InChI=1S/C22H19F4N5O3/c23-18-6-16(1-2-19(18)34-22(24,25)26)30-21(33)14-5-17(15-7-27-12-28-8-15)20(29-9-14)31-4-3-13(10-31)11-32/h1-2,5-9,12-13,32H,3-4,10-11H2,(H,30,33)/t13-/m0/s1. The zero-order valence-corrected chi connectivity index (χ0v) is 17.6. The van der Waals surface area contributed by atoms with Gasteiger partial charge in [-0.2, -0.15) is 0 Å². The number of pyridine rings is 1. The Morgan fingerprint density at radius 1 is 1.21 bits per heavy atom. The van der Waals surface area contributed by atoms with Gasteiger partial charge in [0.1, 0.15) is 12.1 Å². The van der Waals surface area contributed by atoms with E-state index in [4.69, 9.17) is 0 Å². The summed E-state index contributed by atoms with van der Waals surface area (Å²) >= 11 is 0. The molecule has 0 saturated carbocycles. The van der Waals surface area contributed by atoms with Crippen LogP contribution in [0.1, 0.15) is 16.8 Å². The van der Waals surface area contributed by atoms with Gasteiger partial charge in [-0.1, -0.05) is 0 Å². The number of amides is 1. The highest BCUT2D eigenvalue weighted by molar-refractivity contribution is 6.05. The number of nitrogens with zero attached hydrogens (tertiary/aromatic N) is 4. The number of aliphatic hydroxyl groups excluding tert-OH is 1. The molecular formula is C22H19F4N5O3. The third kappa shape index (κ3) is 5.39. The number of ether oxygens (including phenoxy) is 1. The number of anilines is 2. The van der Waals surface area contributed by atoms with Crippen LogP contribution in [0.15, 0.2) is 49.2 Å². The summed E-state index contributed by atoms with van der Waals surface area (Å²) in [7, 11) is 0. The normalized spacial score (nSPS) is 15.9. The molecular weight excluding hydrogens is 458 g/mol. The maximum atomic E-state index is 14.0. The molecule has 34 heavy (non-hydrogen) atoms. The Hall–Kier alpha value is -3.80. The molecule has 0 aliphatic carbocycles. The van der Waals surface area contributed by atoms with E-state index in [2.05, 4.69) is 25.0 Å². The van der Waals surface area contributed by atoms with Crippen LogP contribution in [0.4, 0.5) is 29.1 Å². The van der Waals surface area contributed by atoms with Crippen molar-refractivity contribution in [2.24, 2.45) is 5.92 Å². The Kier molecular flexibility index (Phi) is 6.59. The quantitative estimate of drug-likeness (QED) is 0.523. The van der Waals surface area contributed by atoms with Crippen LogP contribution >= 0.6 is 0 Å². The van der Waals surface area contributed by atoms with Crippen LogP contribution in [0.3, 0.4) is 0 Å². The smallest absolute Gasteiger partial charge is 0.403 e. The van der Waals surface area contributed by atoms with Crippen LogP contribution in [0.2, 0.25) is 0 Å². The predicted octanol–water partition coefficient (Wildman–Crippen LogP) is 3.65. The third-order valence-corrected chi connectivity index (χ3v) is 5.26. The molecule has 3 aromatic rings. The molecule has 0 spiro atoms. The van der Waals surface area contributed by atoms with Crippen molar-refractivity contribution in [3.63, 3.8) is 0 Å². The lowest BCUT2D eigenvalue weighted by molar-refractivity contribution is -0.275. The number of hydrogen-bond acceptors (Lipinski definition) is 7. The van der Waals surface area contributed by atoms with Crippen molar-refractivity contribution in [2.45, 2.75) is 12.8 Å². The largest absolute Gasteiger partial charge is 0.573 e. The van der Waals surface area contributed by atoms with E-state index in [0.717, 1.165) is 24.6 Å². The SMILES string of the molecule is O=C(Nc1ccc(OC(F)(F)F)c(F)c1)c1cnc(N2CC[C@H](CO)C2)c(-c2cncnc2)c1. The zero-order valence-electron chi connectivity index (χ0n) is 17.6. The van der Waals surface area contributed by atoms with Crippen molar-refractivity contribution in [1.29, 1.82) is 0 Å². The highest BCUT2D eigenvalue weighted by atomic mass is 19.4. The molecule has 12 heteroatoms. The molecule has 1 amide bonds. The van der Waals surface area contributed by atoms with E-state index in [0.29, 0.717) is 30.0 Å². The highest BCUT2D eigenvalue weighted by Gasteiger charge is 2.32. The van der Waals surface area contributed by atoms with Gasteiger partial charge in [0, 0.05) is 67.1 Å². The van der Waals surface area contributed by atoms with Crippen molar-refractivity contribution in [3.8, 4) is 16.9 Å². The maximum Gasteiger partial charge on any atom is 0.573 e. The lowest BCUT2D eigenvalue weighted by Gasteiger charge is -2.21.